The molecule has 0 bridgehead atoms. The smallest absolute Gasteiger partial charge is 0.235 e. The second kappa shape index (κ2) is 7.88. The maximum absolute atomic E-state index is 12.1. The second-order valence-electron chi connectivity index (χ2n) is 3.90. The van der Waals surface area contributed by atoms with Crippen LogP contribution in [0.3, 0.4) is 0 Å². The third-order valence-corrected chi connectivity index (χ3v) is 4.62. The topological polar surface area (TPSA) is 20.3 Å². The number of hydrogen-bond acceptors (Lipinski definition) is 1. The molecule has 1 aliphatic heterocycles. The molecule has 0 aromatic heterocycles. The third-order valence-electron chi connectivity index (χ3n) is 2.76. The van der Waals surface area contributed by atoms with Crippen molar-refractivity contribution in [2.24, 2.45) is 0 Å². The number of rotatable bonds is 2. The minimum absolute atomic E-state index is 0. The van der Waals surface area contributed by atoms with E-state index in [4.69, 9.17) is 11.6 Å². The molecule has 1 unspecified atom stereocenters. The van der Waals surface area contributed by atoms with Crippen molar-refractivity contribution in [3.05, 3.63) is 39.3 Å². The van der Waals surface area contributed by atoms with Gasteiger partial charge >= 0.3 is 0 Å². The number of alkyl halides is 1. The Labute approximate surface area is 165 Å². The predicted octanol–water partition coefficient (Wildman–Crippen LogP) is 4.30. The van der Waals surface area contributed by atoms with Gasteiger partial charge in [-0.2, -0.15) is 0 Å². The first kappa shape index (κ1) is 18.1. The molecule has 1 amide bonds. The number of benzene rings is 1. The van der Waals surface area contributed by atoms with E-state index in [1.54, 1.807) is 4.90 Å². The summed E-state index contributed by atoms with van der Waals surface area (Å²) in [6.07, 6.45) is 3.97. The van der Waals surface area contributed by atoms with Gasteiger partial charge in [0.05, 0.1) is 3.92 Å². The number of hydrogen-bond donors (Lipinski definition) is 0. The van der Waals surface area contributed by atoms with E-state index in [0.29, 0.717) is 18.0 Å². The Morgan fingerprint density at radius 1 is 1.58 bits per heavy atom. The van der Waals surface area contributed by atoms with Crippen LogP contribution < -0.4 is 0 Å². The first-order valence-corrected chi connectivity index (χ1v) is 7.98. The van der Waals surface area contributed by atoms with Crippen molar-refractivity contribution in [2.45, 2.75) is 17.3 Å². The van der Waals surface area contributed by atoms with Crippen LogP contribution in [-0.2, 0) is 37.5 Å². The molecule has 0 aliphatic carbocycles. The van der Waals surface area contributed by atoms with Crippen LogP contribution in [0.2, 0.25) is 5.02 Å². The van der Waals surface area contributed by atoms with E-state index in [2.05, 4.69) is 44.6 Å². The van der Waals surface area contributed by atoms with E-state index >= 15 is 0 Å². The molecule has 1 aromatic rings. The van der Waals surface area contributed by atoms with E-state index in [9.17, 15) is 4.79 Å². The zero-order valence-electron chi connectivity index (χ0n) is 10.3. The quantitative estimate of drug-likeness (QED) is 0.319. The van der Waals surface area contributed by atoms with Gasteiger partial charge in [-0.1, -0.05) is 67.1 Å². The molecule has 2 rings (SSSR count). The van der Waals surface area contributed by atoms with E-state index in [0.717, 1.165) is 15.7 Å². The number of carbonyl (C=O) groups excluding carboxylic acids is 1. The van der Waals surface area contributed by atoms with E-state index in [-0.39, 0.29) is 42.5 Å². The molecule has 2 nitrogen and oxygen atoms in total. The van der Waals surface area contributed by atoms with Crippen LogP contribution in [-0.4, -0.2) is 21.3 Å². The first-order chi connectivity index (χ1) is 8.54. The van der Waals surface area contributed by atoms with Gasteiger partial charge in [0, 0.05) is 44.3 Å². The van der Waals surface area contributed by atoms with Crippen molar-refractivity contribution in [2.75, 3.05) is 6.54 Å². The van der Waals surface area contributed by atoms with Gasteiger partial charge in [0.2, 0.25) is 5.91 Å². The van der Waals surface area contributed by atoms with Crippen molar-refractivity contribution in [3.63, 3.8) is 0 Å². The van der Waals surface area contributed by atoms with Gasteiger partial charge in [-0.25, -0.2) is 6.08 Å². The minimum Gasteiger partial charge on any atom is -0.347 e. The zero-order chi connectivity index (χ0) is 13.3. The van der Waals surface area contributed by atoms with Crippen LogP contribution in [0, 0.1) is 6.08 Å². The van der Waals surface area contributed by atoms with Gasteiger partial charge in [0.15, 0.2) is 0 Å². The van der Waals surface area contributed by atoms with Crippen LogP contribution in [0.25, 0.3) is 5.70 Å². The number of nitrogens with zero attached hydrogens (tertiary/aromatic N) is 1. The monoisotopic (exact) mass is 527 g/mol. The molecular formula is C13H11BrClINOY-. The molecule has 0 N–H and O–H groups in total. The Kier molecular flexibility index (Phi) is 7.50. The summed E-state index contributed by atoms with van der Waals surface area (Å²) in [6, 6.07) is 5.57. The molecule has 0 fully saturated rings. The van der Waals surface area contributed by atoms with Gasteiger partial charge in [-0.15, -0.1) is 17.3 Å². The largest absolute Gasteiger partial charge is 0.347 e. The third kappa shape index (κ3) is 4.03. The van der Waals surface area contributed by atoms with E-state index in [1.807, 2.05) is 25.1 Å². The molecule has 1 aliphatic rings. The van der Waals surface area contributed by atoms with Gasteiger partial charge in [0.1, 0.15) is 0 Å². The Hall–Kier alpha value is 1.03. The summed E-state index contributed by atoms with van der Waals surface area (Å²) in [5, 5.41) is 0.670. The summed E-state index contributed by atoms with van der Waals surface area (Å²) in [4.78, 5) is 13.9. The maximum atomic E-state index is 12.1. The Bertz CT molecular complexity index is 523. The molecular weight excluding hydrogens is 517 g/mol. The molecule has 99 valence electrons. The van der Waals surface area contributed by atoms with Gasteiger partial charge in [-0.05, 0) is 13.0 Å². The predicted molar refractivity (Wildman–Crippen MR) is 85.6 cm³/mol. The fourth-order valence-electron chi connectivity index (χ4n) is 1.88. The molecule has 1 heterocycles. The van der Waals surface area contributed by atoms with Crippen LogP contribution in [0.1, 0.15) is 18.9 Å². The molecule has 0 spiro atoms. The van der Waals surface area contributed by atoms with E-state index < -0.39 is 0 Å². The van der Waals surface area contributed by atoms with Crippen LogP contribution in [0.4, 0.5) is 0 Å². The standard InChI is InChI=1S/C13H11BrClINO.Y/c1-2-17-12(6-5-11(16)13(17)18)9-4-3-8(15)7-10(9)14;/h3-4,7,11H,2,5H2,1H3;/q-1;. The summed E-state index contributed by atoms with van der Waals surface area (Å²) in [7, 11) is 0. The number of allylic oxidation sites excluding steroid dienone is 1. The zero-order valence-corrected chi connectivity index (χ0v) is 17.6. The van der Waals surface area contributed by atoms with Crippen molar-refractivity contribution in [1.82, 2.24) is 4.90 Å². The van der Waals surface area contributed by atoms with Crippen molar-refractivity contribution in [1.29, 1.82) is 0 Å². The number of amides is 1. The summed E-state index contributed by atoms with van der Waals surface area (Å²) < 4.78 is 0.869. The molecule has 19 heavy (non-hydrogen) atoms. The van der Waals surface area contributed by atoms with Crippen molar-refractivity contribution in [3.8, 4) is 0 Å². The fraction of sp³-hybridized carbons (Fsp3) is 0.308. The molecule has 0 saturated heterocycles. The Morgan fingerprint density at radius 3 is 2.84 bits per heavy atom. The van der Waals surface area contributed by atoms with Crippen LogP contribution in [0.15, 0.2) is 22.7 Å². The summed E-state index contributed by atoms with van der Waals surface area (Å²) in [6.45, 7) is 2.62. The summed E-state index contributed by atoms with van der Waals surface area (Å²) in [5.41, 5.74) is 1.80. The van der Waals surface area contributed by atoms with Gasteiger partial charge < -0.3 is 4.90 Å². The SMILES string of the molecule is CCN1C(=O)C(I)C[C-]=C1c1ccc(Cl)cc1Br.[Y]. The normalized spacial score (nSPS) is 18.9. The molecule has 1 radical (unpaired) electrons. The first-order valence-electron chi connectivity index (χ1n) is 5.56. The average Bonchev–Trinajstić information content (AvgIpc) is 2.33. The van der Waals surface area contributed by atoms with Crippen LogP contribution >= 0.6 is 50.1 Å². The van der Waals surface area contributed by atoms with Gasteiger partial charge in [-0.3, -0.25) is 4.79 Å². The number of halogens is 3. The summed E-state index contributed by atoms with van der Waals surface area (Å²) >= 11 is 11.6. The summed E-state index contributed by atoms with van der Waals surface area (Å²) in [5.74, 6) is 0.147. The van der Waals surface area contributed by atoms with Crippen LogP contribution in [0.5, 0.6) is 0 Å². The Morgan fingerprint density at radius 2 is 2.26 bits per heavy atom. The number of carbonyl (C=O) groups is 1. The van der Waals surface area contributed by atoms with Crippen molar-refractivity contribution < 1.29 is 37.5 Å². The maximum Gasteiger partial charge on any atom is 0.235 e. The minimum atomic E-state index is -0.0163. The average molecular weight is 528 g/mol. The fourth-order valence-corrected chi connectivity index (χ4v) is 3.31. The molecule has 0 saturated carbocycles. The molecule has 6 heteroatoms. The molecule has 1 atom stereocenters. The van der Waals surface area contributed by atoms with Gasteiger partial charge in [0.25, 0.3) is 0 Å². The van der Waals surface area contributed by atoms with Crippen molar-refractivity contribution >= 4 is 61.7 Å². The second-order valence-corrected chi connectivity index (χ2v) is 6.70. The molecule has 1 aromatic carbocycles. The Balaban J connectivity index is 0.00000180. The van der Waals surface area contributed by atoms with E-state index in [1.165, 1.54) is 0 Å².